The topological polar surface area (TPSA) is 21.3 Å². The van der Waals surface area contributed by atoms with Gasteiger partial charge in [-0.15, -0.1) is 0 Å². The average Bonchev–Trinajstić information content (AvgIpc) is 2.82. The van der Waals surface area contributed by atoms with Gasteiger partial charge in [0.15, 0.2) is 0 Å². The Hall–Kier alpha value is -0.380. The zero-order valence-corrected chi connectivity index (χ0v) is 11.9. The molecule has 0 saturated heterocycles. The number of hydrogen-bond donors (Lipinski definition) is 1. The Kier molecular flexibility index (Phi) is 5.01. The Balaban J connectivity index is 2.08. The first kappa shape index (κ1) is 13.1. The molecule has 1 aromatic carbocycles. The molecule has 2 nitrogen and oxygen atoms in total. The van der Waals surface area contributed by atoms with Gasteiger partial charge in [0.2, 0.25) is 0 Å². The van der Waals surface area contributed by atoms with Gasteiger partial charge in [-0.1, -0.05) is 47.0 Å². The molecule has 0 amide bonds. The van der Waals surface area contributed by atoms with Crippen LogP contribution in [0.3, 0.4) is 0 Å². The third-order valence-corrected chi connectivity index (χ3v) is 4.02. The first-order chi connectivity index (χ1) is 8.31. The fourth-order valence-corrected chi connectivity index (χ4v) is 2.95. The van der Waals surface area contributed by atoms with Gasteiger partial charge < -0.3 is 10.1 Å². The van der Waals surface area contributed by atoms with Gasteiger partial charge in [0, 0.05) is 11.0 Å². The van der Waals surface area contributed by atoms with Gasteiger partial charge in [-0.05, 0) is 31.5 Å². The summed E-state index contributed by atoms with van der Waals surface area (Å²) in [6.07, 6.45) is 5.65. The van der Waals surface area contributed by atoms with E-state index in [9.17, 15) is 0 Å². The lowest BCUT2D eigenvalue weighted by molar-refractivity contribution is -0.00820. The summed E-state index contributed by atoms with van der Waals surface area (Å²) in [6, 6.07) is 8.33. The lowest BCUT2D eigenvalue weighted by atomic mass is 10.1. The van der Waals surface area contributed by atoms with Crippen molar-refractivity contribution in [1.29, 1.82) is 0 Å². The molecule has 1 aliphatic rings. The smallest absolute Gasteiger partial charge is 0.0963 e. The molecule has 1 aliphatic carbocycles. The van der Waals surface area contributed by atoms with Gasteiger partial charge >= 0.3 is 0 Å². The molecule has 1 fully saturated rings. The number of ether oxygens (including phenoxy) is 1. The Morgan fingerprint density at radius 3 is 2.71 bits per heavy atom. The van der Waals surface area contributed by atoms with E-state index in [1.807, 2.05) is 13.1 Å². The van der Waals surface area contributed by atoms with Crippen molar-refractivity contribution in [3.05, 3.63) is 34.3 Å². The molecule has 0 radical (unpaired) electrons. The lowest BCUT2D eigenvalue weighted by Crippen LogP contribution is -2.23. The van der Waals surface area contributed by atoms with Crippen LogP contribution in [-0.4, -0.2) is 19.7 Å². The number of nitrogens with one attached hydrogen (secondary N) is 1. The van der Waals surface area contributed by atoms with Crippen LogP contribution in [0, 0.1) is 0 Å². The second kappa shape index (κ2) is 6.53. The van der Waals surface area contributed by atoms with Crippen LogP contribution in [0.25, 0.3) is 0 Å². The molecule has 1 saturated carbocycles. The highest BCUT2D eigenvalue weighted by Crippen LogP contribution is 2.30. The van der Waals surface area contributed by atoms with Crippen molar-refractivity contribution in [3.8, 4) is 0 Å². The zero-order valence-electron chi connectivity index (χ0n) is 10.3. The SMILES string of the molecule is CNCC(OC1CCCC1)c1ccccc1Br. The molecule has 1 aromatic rings. The molecule has 1 atom stereocenters. The minimum atomic E-state index is 0.152. The van der Waals surface area contributed by atoms with E-state index in [4.69, 9.17) is 4.74 Å². The van der Waals surface area contributed by atoms with E-state index in [1.54, 1.807) is 0 Å². The van der Waals surface area contributed by atoms with Crippen LogP contribution >= 0.6 is 15.9 Å². The molecular formula is C14H20BrNO. The third kappa shape index (κ3) is 3.54. The van der Waals surface area contributed by atoms with Crippen molar-refractivity contribution in [2.75, 3.05) is 13.6 Å². The Morgan fingerprint density at radius 2 is 2.06 bits per heavy atom. The van der Waals surface area contributed by atoms with Gasteiger partial charge in [0.25, 0.3) is 0 Å². The van der Waals surface area contributed by atoms with E-state index in [1.165, 1.54) is 31.2 Å². The highest BCUT2D eigenvalue weighted by Gasteiger charge is 2.22. The third-order valence-electron chi connectivity index (χ3n) is 3.30. The van der Waals surface area contributed by atoms with Crippen LogP contribution in [0.4, 0.5) is 0 Å². The van der Waals surface area contributed by atoms with Crippen LogP contribution in [0.5, 0.6) is 0 Å². The summed E-state index contributed by atoms with van der Waals surface area (Å²) in [6.45, 7) is 0.860. The summed E-state index contributed by atoms with van der Waals surface area (Å²) in [7, 11) is 1.97. The normalized spacial score (nSPS) is 18.5. The van der Waals surface area contributed by atoms with Crippen LogP contribution in [0.15, 0.2) is 28.7 Å². The summed E-state index contributed by atoms with van der Waals surface area (Å²) >= 11 is 3.61. The Morgan fingerprint density at radius 1 is 1.35 bits per heavy atom. The predicted octanol–water partition coefficient (Wildman–Crippen LogP) is 3.67. The maximum Gasteiger partial charge on any atom is 0.0963 e. The first-order valence-corrected chi connectivity index (χ1v) is 7.15. The van der Waals surface area contributed by atoms with E-state index in [-0.39, 0.29) is 6.10 Å². The molecule has 2 rings (SSSR count). The van der Waals surface area contributed by atoms with E-state index < -0.39 is 0 Å². The first-order valence-electron chi connectivity index (χ1n) is 6.35. The van der Waals surface area contributed by atoms with Gasteiger partial charge in [0.1, 0.15) is 0 Å². The summed E-state index contributed by atoms with van der Waals surface area (Å²) in [5.41, 5.74) is 1.24. The highest BCUT2D eigenvalue weighted by molar-refractivity contribution is 9.10. The molecule has 17 heavy (non-hydrogen) atoms. The van der Waals surface area contributed by atoms with E-state index >= 15 is 0 Å². The number of benzene rings is 1. The van der Waals surface area contributed by atoms with Gasteiger partial charge in [0.05, 0.1) is 12.2 Å². The average molecular weight is 298 g/mol. The largest absolute Gasteiger partial charge is 0.369 e. The highest BCUT2D eigenvalue weighted by atomic mass is 79.9. The number of likely N-dealkylation sites (N-methyl/N-ethyl adjacent to an activating group) is 1. The fourth-order valence-electron chi connectivity index (χ4n) is 2.41. The predicted molar refractivity (Wildman–Crippen MR) is 74.2 cm³/mol. The van der Waals surface area contributed by atoms with Gasteiger partial charge in [-0.2, -0.15) is 0 Å². The standard InChI is InChI=1S/C14H20BrNO/c1-16-10-14(17-11-6-2-3-7-11)12-8-4-5-9-13(12)15/h4-5,8-9,11,14,16H,2-3,6-7,10H2,1H3. The van der Waals surface area contributed by atoms with E-state index in [2.05, 4.69) is 39.4 Å². The Labute approximate surface area is 112 Å². The maximum absolute atomic E-state index is 6.23. The van der Waals surface area contributed by atoms with Crippen molar-refractivity contribution in [2.24, 2.45) is 0 Å². The van der Waals surface area contributed by atoms with Crippen molar-refractivity contribution < 1.29 is 4.74 Å². The second-order valence-electron chi connectivity index (χ2n) is 4.61. The van der Waals surface area contributed by atoms with Gasteiger partial charge in [-0.3, -0.25) is 0 Å². The molecule has 0 heterocycles. The molecular weight excluding hydrogens is 278 g/mol. The molecule has 94 valence electrons. The Bertz CT molecular complexity index is 350. The fraction of sp³-hybridized carbons (Fsp3) is 0.571. The van der Waals surface area contributed by atoms with Crippen molar-refractivity contribution >= 4 is 15.9 Å². The quantitative estimate of drug-likeness (QED) is 0.895. The molecule has 0 spiro atoms. The van der Waals surface area contributed by atoms with Crippen LogP contribution in [0.1, 0.15) is 37.4 Å². The zero-order chi connectivity index (χ0) is 12.1. The van der Waals surface area contributed by atoms with Crippen LogP contribution in [-0.2, 0) is 4.74 Å². The van der Waals surface area contributed by atoms with Crippen molar-refractivity contribution in [3.63, 3.8) is 0 Å². The maximum atomic E-state index is 6.23. The van der Waals surface area contributed by atoms with Crippen molar-refractivity contribution in [1.82, 2.24) is 5.32 Å². The number of halogens is 1. The van der Waals surface area contributed by atoms with E-state index in [0.717, 1.165) is 11.0 Å². The summed E-state index contributed by atoms with van der Waals surface area (Å²) in [5, 5.41) is 3.22. The summed E-state index contributed by atoms with van der Waals surface area (Å²) in [4.78, 5) is 0. The minimum absolute atomic E-state index is 0.152. The molecule has 3 heteroatoms. The van der Waals surface area contributed by atoms with E-state index in [0.29, 0.717) is 6.10 Å². The molecule has 0 aromatic heterocycles. The lowest BCUT2D eigenvalue weighted by Gasteiger charge is -2.23. The molecule has 1 unspecified atom stereocenters. The second-order valence-corrected chi connectivity index (χ2v) is 5.46. The molecule has 0 aliphatic heterocycles. The van der Waals surface area contributed by atoms with Gasteiger partial charge in [-0.25, -0.2) is 0 Å². The number of hydrogen-bond acceptors (Lipinski definition) is 2. The molecule has 0 bridgehead atoms. The van der Waals surface area contributed by atoms with Crippen LogP contribution < -0.4 is 5.32 Å². The monoisotopic (exact) mass is 297 g/mol. The number of rotatable bonds is 5. The summed E-state index contributed by atoms with van der Waals surface area (Å²) < 4.78 is 7.36. The van der Waals surface area contributed by atoms with Crippen molar-refractivity contribution in [2.45, 2.75) is 37.9 Å². The molecule has 1 N–H and O–H groups in total. The summed E-state index contributed by atoms with van der Waals surface area (Å²) in [5.74, 6) is 0. The van der Waals surface area contributed by atoms with Crippen LogP contribution in [0.2, 0.25) is 0 Å². The minimum Gasteiger partial charge on any atom is -0.369 e.